The summed E-state index contributed by atoms with van der Waals surface area (Å²) >= 11 is 12.9. The van der Waals surface area contributed by atoms with Crippen molar-refractivity contribution in [2.75, 3.05) is 10.6 Å². The van der Waals surface area contributed by atoms with Crippen molar-refractivity contribution in [3.8, 4) is 5.75 Å². The van der Waals surface area contributed by atoms with Gasteiger partial charge in [0.15, 0.2) is 5.13 Å². The lowest BCUT2D eigenvalue weighted by Crippen LogP contribution is -2.39. The van der Waals surface area contributed by atoms with Gasteiger partial charge in [-0.05, 0) is 49.4 Å². The highest BCUT2D eigenvalue weighted by molar-refractivity contribution is 7.18. The van der Waals surface area contributed by atoms with Gasteiger partial charge in [-0.1, -0.05) is 34.5 Å². The minimum atomic E-state index is -3.06. The number of benzene rings is 2. The van der Waals surface area contributed by atoms with Gasteiger partial charge < -0.3 is 21.1 Å². The smallest absolute Gasteiger partial charge is 0.387 e. The molecule has 2 aromatic carbocycles. The molecular weight excluding hydrogens is 485 g/mol. The van der Waals surface area contributed by atoms with Crippen LogP contribution in [0, 0.1) is 0 Å². The number of aromatic nitrogens is 1. The Kier molecular flexibility index (Phi) is 7.17. The maximum Gasteiger partial charge on any atom is 0.387 e. The van der Waals surface area contributed by atoms with Crippen molar-refractivity contribution in [1.29, 1.82) is 0 Å². The Hall–Kier alpha value is -2.95. The van der Waals surface area contributed by atoms with Gasteiger partial charge in [0.05, 0.1) is 5.02 Å². The van der Waals surface area contributed by atoms with Crippen LogP contribution < -0.4 is 21.1 Å². The molecule has 1 amide bonds. The Morgan fingerprint density at radius 3 is 2.38 bits per heavy atom. The zero-order valence-corrected chi connectivity index (χ0v) is 18.7. The Morgan fingerprint density at radius 2 is 1.81 bits per heavy atom. The lowest BCUT2D eigenvalue weighted by atomic mass is 10.1. The Morgan fingerprint density at radius 1 is 1.16 bits per heavy atom. The number of nitrogens with two attached hydrogens (primary N) is 2. The van der Waals surface area contributed by atoms with Crippen LogP contribution in [0.15, 0.2) is 42.5 Å². The summed E-state index contributed by atoms with van der Waals surface area (Å²) in [6.07, 6.45) is 0. The van der Waals surface area contributed by atoms with Gasteiger partial charge in [0.2, 0.25) is 11.7 Å². The number of thiazole rings is 1. The van der Waals surface area contributed by atoms with Crippen molar-refractivity contribution in [3.63, 3.8) is 0 Å². The molecule has 0 fully saturated rings. The molecule has 0 unspecified atom stereocenters. The number of nitrogen functional groups attached to an aromatic ring is 1. The molecule has 0 saturated heterocycles. The lowest BCUT2D eigenvalue weighted by Gasteiger charge is -2.27. The van der Waals surface area contributed by atoms with Crippen LogP contribution in [-0.2, 0) is 4.79 Å². The van der Waals surface area contributed by atoms with Crippen molar-refractivity contribution in [3.05, 3.63) is 63.0 Å². The maximum absolute atomic E-state index is 12.9. The van der Waals surface area contributed by atoms with Gasteiger partial charge in [-0.25, -0.2) is 4.98 Å². The Balaban J connectivity index is 2.03. The van der Waals surface area contributed by atoms with Crippen LogP contribution in [0.2, 0.25) is 10.0 Å². The number of alkyl halides is 2. The molecule has 0 radical (unpaired) electrons. The molecule has 3 aromatic rings. The molecule has 1 atom stereocenters. The van der Waals surface area contributed by atoms with E-state index in [2.05, 4.69) is 9.72 Å². The van der Waals surface area contributed by atoms with Gasteiger partial charge in [0.25, 0.3) is 0 Å². The first-order valence-corrected chi connectivity index (χ1v) is 10.5. The molecule has 1 aromatic heterocycles. The number of ether oxygens (including phenoxy) is 1. The van der Waals surface area contributed by atoms with Crippen molar-refractivity contribution in [2.24, 2.45) is 5.73 Å². The molecule has 3 rings (SSSR count). The number of halogens is 4. The van der Waals surface area contributed by atoms with Crippen molar-refractivity contribution >= 4 is 62.9 Å². The summed E-state index contributed by atoms with van der Waals surface area (Å²) in [5.74, 6) is -1.37. The number of ketones is 1. The highest BCUT2D eigenvalue weighted by Gasteiger charge is 2.28. The quantitative estimate of drug-likeness (QED) is 0.426. The van der Waals surface area contributed by atoms with Crippen molar-refractivity contribution in [2.45, 2.75) is 19.6 Å². The fraction of sp³-hybridized carbons (Fsp3) is 0.150. The van der Waals surface area contributed by atoms with Crippen LogP contribution in [0.4, 0.5) is 25.4 Å². The molecule has 0 saturated carbocycles. The minimum absolute atomic E-state index is 0.0460. The number of carbonyl (C=O) groups is 2. The van der Waals surface area contributed by atoms with E-state index in [0.29, 0.717) is 16.3 Å². The van der Waals surface area contributed by atoms with Gasteiger partial charge in [0.1, 0.15) is 22.5 Å². The zero-order chi connectivity index (χ0) is 23.6. The van der Waals surface area contributed by atoms with Crippen LogP contribution in [0.1, 0.15) is 22.2 Å². The van der Waals surface area contributed by atoms with Crippen LogP contribution in [-0.4, -0.2) is 29.3 Å². The van der Waals surface area contributed by atoms with Crippen LogP contribution in [0.5, 0.6) is 5.75 Å². The molecule has 0 aliphatic heterocycles. The molecule has 12 heteroatoms. The van der Waals surface area contributed by atoms with Gasteiger partial charge >= 0.3 is 6.61 Å². The van der Waals surface area contributed by atoms with Crippen LogP contribution in [0.25, 0.3) is 0 Å². The first kappa shape index (κ1) is 23.7. The van der Waals surface area contributed by atoms with Gasteiger partial charge in [-0.3, -0.25) is 9.59 Å². The van der Waals surface area contributed by atoms with Crippen LogP contribution in [0.3, 0.4) is 0 Å². The Labute approximate surface area is 195 Å². The number of amides is 1. The van der Waals surface area contributed by atoms with E-state index in [1.807, 2.05) is 0 Å². The Bertz CT molecular complexity index is 1160. The topological polar surface area (TPSA) is 112 Å². The van der Waals surface area contributed by atoms with Gasteiger partial charge in [-0.15, -0.1) is 0 Å². The van der Waals surface area contributed by atoms with E-state index in [1.54, 1.807) is 24.3 Å². The first-order chi connectivity index (χ1) is 15.1. The molecule has 168 valence electrons. The highest BCUT2D eigenvalue weighted by Crippen LogP contribution is 2.38. The molecule has 32 heavy (non-hydrogen) atoms. The van der Waals surface area contributed by atoms with Crippen molar-refractivity contribution < 1.29 is 23.1 Å². The number of rotatable bonds is 8. The van der Waals surface area contributed by atoms with E-state index in [-0.39, 0.29) is 32.4 Å². The average molecular weight is 501 g/mol. The summed E-state index contributed by atoms with van der Waals surface area (Å²) in [6, 6.07) is 9.25. The molecule has 0 spiro atoms. The summed E-state index contributed by atoms with van der Waals surface area (Å²) in [5.41, 5.74) is 12.1. The summed E-state index contributed by atoms with van der Waals surface area (Å²) in [5, 5.41) is 0.535. The predicted octanol–water partition coefficient (Wildman–Crippen LogP) is 4.88. The molecule has 1 heterocycles. The monoisotopic (exact) mass is 500 g/mol. The third-order valence-corrected chi connectivity index (χ3v) is 5.99. The van der Waals surface area contributed by atoms with Crippen LogP contribution >= 0.6 is 34.5 Å². The lowest BCUT2D eigenvalue weighted by molar-refractivity contribution is -0.118. The van der Waals surface area contributed by atoms with E-state index in [4.69, 9.17) is 34.7 Å². The second-order valence-electron chi connectivity index (χ2n) is 6.49. The van der Waals surface area contributed by atoms with Gasteiger partial charge in [0, 0.05) is 16.3 Å². The standard InChI is InChI=1S/C20H16Cl2F2N4O3S/c1-9(18(26)30)28(12-6-7-14(13(22)8-12)31-19(23)24)20-27-17(25)16(32-20)15(29)10-2-4-11(21)5-3-10/h2-9,19H,25H2,1H3,(H2,26,30)/t9-/m1/s1. The third kappa shape index (κ3) is 5.09. The number of hydrogen-bond acceptors (Lipinski definition) is 7. The number of carbonyl (C=O) groups excluding carboxylic acids is 2. The van der Waals surface area contributed by atoms with E-state index >= 15 is 0 Å². The third-order valence-electron chi connectivity index (χ3n) is 4.37. The second kappa shape index (κ2) is 9.68. The maximum atomic E-state index is 12.9. The normalized spacial score (nSPS) is 11.9. The molecule has 0 bridgehead atoms. The average Bonchev–Trinajstić information content (AvgIpc) is 3.10. The number of hydrogen-bond donors (Lipinski definition) is 2. The van der Waals surface area contributed by atoms with E-state index in [0.717, 1.165) is 11.3 Å². The fourth-order valence-electron chi connectivity index (χ4n) is 2.78. The molecular formula is C20H16Cl2F2N4O3S. The molecule has 7 nitrogen and oxygen atoms in total. The zero-order valence-electron chi connectivity index (χ0n) is 16.4. The summed E-state index contributed by atoms with van der Waals surface area (Å²) in [6.45, 7) is -1.54. The highest BCUT2D eigenvalue weighted by atomic mass is 35.5. The summed E-state index contributed by atoms with van der Waals surface area (Å²) in [4.78, 5) is 30.6. The SMILES string of the molecule is C[C@H](C(N)=O)N(c1ccc(OC(F)F)c(Cl)c1)c1nc(N)c(C(=O)c2ccc(Cl)cc2)s1. The van der Waals surface area contributed by atoms with Gasteiger partial charge in [-0.2, -0.15) is 8.78 Å². The minimum Gasteiger partial charge on any atom is -0.433 e. The van der Waals surface area contributed by atoms with E-state index < -0.39 is 18.6 Å². The number of primary amides is 1. The second-order valence-corrected chi connectivity index (χ2v) is 8.31. The van der Waals surface area contributed by atoms with E-state index in [1.165, 1.54) is 30.0 Å². The fourth-order valence-corrected chi connectivity index (χ4v) is 4.17. The summed E-state index contributed by atoms with van der Waals surface area (Å²) < 4.78 is 29.4. The summed E-state index contributed by atoms with van der Waals surface area (Å²) in [7, 11) is 0. The predicted molar refractivity (Wildman–Crippen MR) is 120 cm³/mol. The largest absolute Gasteiger partial charge is 0.433 e. The van der Waals surface area contributed by atoms with Crippen molar-refractivity contribution in [1.82, 2.24) is 4.98 Å². The number of nitrogens with zero attached hydrogens (tertiary/aromatic N) is 2. The first-order valence-electron chi connectivity index (χ1n) is 8.98. The van der Waals surface area contributed by atoms with E-state index in [9.17, 15) is 18.4 Å². The molecule has 0 aliphatic rings. The number of anilines is 3. The molecule has 0 aliphatic carbocycles. The molecule has 4 N–H and O–H groups in total.